The van der Waals surface area contributed by atoms with E-state index in [-0.39, 0.29) is 12.3 Å². The Balaban J connectivity index is 2.06. The van der Waals surface area contributed by atoms with E-state index in [2.05, 4.69) is 10.6 Å². The van der Waals surface area contributed by atoms with Crippen molar-refractivity contribution in [2.24, 2.45) is 0 Å². The highest BCUT2D eigenvalue weighted by molar-refractivity contribution is 5.93. The average molecular weight is 336 g/mol. The van der Waals surface area contributed by atoms with Crippen LogP contribution in [0.25, 0.3) is 0 Å². The van der Waals surface area contributed by atoms with Crippen LogP contribution >= 0.6 is 0 Å². The average Bonchev–Trinajstić information content (AvgIpc) is 2.53. The molecule has 0 saturated heterocycles. The van der Waals surface area contributed by atoms with E-state index >= 15 is 0 Å². The maximum Gasteiger partial charge on any atom is 0.416 e. The summed E-state index contributed by atoms with van der Waals surface area (Å²) in [4.78, 5) is 12.2. The number of rotatable bonds is 6. The standard InChI is InChI=1S/C18H19F3N2O/c1-2-22-12-14-7-3-4-9-16(14)23-17(24)11-13-6-5-8-15(10-13)18(19,20)21/h3-10,22H,2,11-12H2,1H3,(H,23,24). The molecular formula is C18H19F3N2O. The van der Waals surface area contributed by atoms with Crippen LogP contribution in [0.15, 0.2) is 48.5 Å². The third-order valence-electron chi connectivity index (χ3n) is 3.48. The molecule has 0 bridgehead atoms. The van der Waals surface area contributed by atoms with Crippen LogP contribution in [0.1, 0.15) is 23.6 Å². The van der Waals surface area contributed by atoms with Gasteiger partial charge in [-0.2, -0.15) is 13.2 Å². The van der Waals surface area contributed by atoms with Crippen molar-refractivity contribution >= 4 is 11.6 Å². The maximum atomic E-state index is 12.7. The van der Waals surface area contributed by atoms with Gasteiger partial charge in [-0.1, -0.05) is 43.3 Å². The van der Waals surface area contributed by atoms with Gasteiger partial charge in [-0.25, -0.2) is 0 Å². The zero-order valence-electron chi connectivity index (χ0n) is 13.3. The second-order valence-electron chi connectivity index (χ2n) is 5.36. The number of carbonyl (C=O) groups excluding carboxylic acids is 1. The van der Waals surface area contributed by atoms with Gasteiger partial charge in [0, 0.05) is 12.2 Å². The number of alkyl halides is 3. The minimum atomic E-state index is -4.41. The highest BCUT2D eigenvalue weighted by Crippen LogP contribution is 2.29. The number of hydrogen-bond acceptors (Lipinski definition) is 2. The van der Waals surface area contributed by atoms with Gasteiger partial charge in [-0.15, -0.1) is 0 Å². The van der Waals surface area contributed by atoms with Crippen molar-refractivity contribution in [3.63, 3.8) is 0 Å². The van der Waals surface area contributed by atoms with Crippen molar-refractivity contribution in [2.45, 2.75) is 26.1 Å². The lowest BCUT2D eigenvalue weighted by Gasteiger charge is -2.12. The predicted molar refractivity (Wildman–Crippen MR) is 87.6 cm³/mol. The fraction of sp³-hybridized carbons (Fsp3) is 0.278. The number of anilines is 1. The van der Waals surface area contributed by atoms with Gasteiger partial charge in [0.1, 0.15) is 0 Å². The molecule has 2 N–H and O–H groups in total. The van der Waals surface area contributed by atoms with Crippen molar-refractivity contribution in [2.75, 3.05) is 11.9 Å². The molecule has 0 radical (unpaired) electrons. The summed E-state index contributed by atoms with van der Waals surface area (Å²) in [6.07, 6.45) is -4.52. The molecule has 3 nitrogen and oxygen atoms in total. The summed E-state index contributed by atoms with van der Waals surface area (Å²) in [5.74, 6) is -0.349. The molecule has 0 aromatic heterocycles. The molecule has 0 spiro atoms. The molecule has 0 aliphatic heterocycles. The van der Waals surface area contributed by atoms with E-state index in [9.17, 15) is 18.0 Å². The molecular weight excluding hydrogens is 317 g/mol. The van der Waals surface area contributed by atoms with Gasteiger partial charge < -0.3 is 10.6 Å². The van der Waals surface area contributed by atoms with E-state index in [0.29, 0.717) is 17.8 Å². The molecule has 0 fully saturated rings. The van der Waals surface area contributed by atoms with Crippen molar-refractivity contribution in [1.82, 2.24) is 5.32 Å². The molecule has 0 saturated carbocycles. The number of carbonyl (C=O) groups is 1. The number of hydrogen-bond donors (Lipinski definition) is 2. The van der Waals surface area contributed by atoms with Crippen LogP contribution in [-0.4, -0.2) is 12.5 Å². The summed E-state index contributed by atoms with van der Waals surface area (Å²) in [7, 11) is 0. The first-order valence-electron chi connectivity index (χ1n) is 7.64. The van der Waals surface area contributed by atoms with Gasteiger partial charge in [0.25, 0.3) is 0 Å². The van der Waals surface area contributed by atoms with Gasteiger partial charge >= 0.3 is 6.18 Å². The number of benzene rings is 2. The van der Waals surface area contributed by atoms with Gasteiger partial charge in [0.2, 0.25) is 5.91 Å². The summed E-state index contributed by atoms with van der Waals surface area (Å²) in [5.41, 5.74) is 1.17. The van der Waals surface area contributed by atoms with Crippen LogP contribution in [0, 0.1) is 0 Å². The Kier molecular flexibility index (Phi) is 5.98. The SMILES string of the molecule is CCNCc1ccccc1NC(=O)Cc1cccc(C(F)(F)F)c1. The maximum absolute atomic E-state index is 12.7. The van der Waals surface area contributed by atoms with Crippen LogP contribution in [0.4, 0.5) is 18.9 Å². The fourth-order valence-electron chi connectivity index (χ4n) is 2.29. The minimum absolute atomic E-state index is 0.112. The number of para-hydroxylation sites is 1. The van der Waals surface area contributed by atoms with Gasteiger partial charge in [0.05, 0.1) is 12.0 Å². The van der Waals surface area contributed by atoms with Gasteiger partial charge in [-0.05, 0) is 29.8 Å². The van der Waals surface area contributed by atoms with E-state index in [1.54, 1.807) is 12.1 Å². The molecule has 2 rings (SSSR count). The number of halogens is 3. The molecule has 1 amide bonds. The Morgan fingerprint density at radius 3 is 2.54 bits per heavy atom. The summed E-state index contributed by atoms with van der Waals surface area (Å²) < 4.78 is 38.1. The normalized spacial score (nSPS) is 11.3. The Morgan fingerprint density at radius 2 is 1.83 bits per heavy atom. The lowest BCUT2D eigenvalue weighted by Crippen LogP contribution is -2.18. The number of nitrogens with one attached hydrogen (secondary N) is 2. The highest BCUT2D eigenvalue weighted by atomic mass is 19.4. The van der Waals surface area contributed by atoms with Gasteiger partial charge in [-0.3, -0.25) is 4.79 Å². The lowest BCUT2D eigenvalue weighted by molar-refractivity contribution is -0.137. The first-order valence-corrected chi connectivity index (χ1v) is 7.64. The Morgan fingerprint density at radius 1 is 1.08 bits per heavy atom. The summed E-state index contributed by atoms with van der Waals surface area (Å²) in [6.45, 7) is 3.39. The molecule has 0 atom stereocenters. The van der Waals surface area contributed by atoms with Crippen LogP contribution in [0.3, 0.4) is 0 Å². The highest BCUT2D eigenvalue weighted by Gasteiger charge is 2.30. The monoisotopic (exact) mass is 336 g/mol. The molecule has 2 aromatic rings. The summed E-state index contributed by atoms with van der Waals surface area (Å²) in [5, 5.41) is 5.94. The Bertz CT molecular complexity index is 699. The molecule has 0 aliphatic carbocycles. The molecule has 0 heterocycles. The minimum Gasteiger partial charge on any atom is -0.325 e. The first-order chi connectivity index (χ1) is 11.4. The van der Waals surface area contributed by atoms with Crippen LogP contribution in [-0.2, 0) is 23.9 Å². The second-order valence-corrected chi connectivity index (χ2v) is 5.36. The van der Waals surface area contributed by atoms with E-state index in [1.807, 2.05) is 19.1 Å². The molecule has 0 aliphatic rings. The third kappa shape index (κ3) is 5.09. The molecule has 128 valence electrons. The summed E-state index contributed by atoms with van der Waals surface area (Å²) in [6, 6.07) is 12.2. The zero-order valence-corrected chi connectivity index (χ0v) is 13.3. The van der Waals surface area contributed by atoms with Crippen LogP contribution < -0.4 is 10.6 Å². The van der Waals surface area contributed by atoms with Crippen molar-refractivity contribution in [3.8, 4) is 0 Å². The molecule has 2 aromatic carbocycles. The van der Waals surface area contributed by atoms with E-state index in [0.717, 1.165) is 24.2 Å². The second kappa shape index (κ2) is 7.97. The van der Waals surface area contributed by atoms with E-state index < -0.39 is 11.7 Å². The quantitative estimate of drug-likeness (QED) is 0.837. The molecule has 24 heavy (non-hydrogen) atoms. The Hall–Kier alpha value is -2.34. The number of amides is 1. The van der Waals surface area contributed by atoms with Gasteiger partial charge in [0.15, 0.2) is 0 Å². The lowest BCUT2D eigenvalue weighted by atomic mass is 10.1. The molecule has 0 unspecified atom stereocenters. The largest absolute Gasteiger partial charge is 0.416 e. The fourth-order valence-corrected chi connectivity index (χ4v) is 2.29. The van der Waals surface area contributed by atoms with E-state index in [4.69, 9.17) is 0 Å². The van der Waals surface area contributed by atoms with Crippen LogP contribution in [0.2, 0.25) is 0 Å². The third-order valence-corrected chi connectivity index (χ3v) is 3.48. The van der Waals surface area contributed by atoms with Crippen LogP contribution in [0.5, 0.6) is 0 Å². The predicted octanol–water partition coefficient (Wildman–Crippen LogP) is 4.00. The zero-order chi connectivity index (χ0) is 17.6. The first kappa shape index (κ1) is 18.0. The van der Waals surface area contributed by atoms with E-state index in [1.165, 1.54) is 12.1 Å². The topological polar surface area (TPSA) is 41.1 Å². The Labute approximate surface area is 138 Å². The summed E-state index contributed by atoms with van der Waals surface area (Å²) >= 11 is 0. The van der Waals surface area contributed by atoms with Crippen molar-refractivity contribution < 1.29 is 18.0 Å². The van der Waals surface area contributed by atoms with Crippen molar-refractivity contribution in [3.05, 3.63) is 65.2 Å². The smallest absolute Gasteiger partial charge is 0.325 e. The molecule has 6 heteroatoms. The van der Waals surface area contributed by atoms with Crippen molar-refractivity contribution in [1.29, 1.82) is 0 Å².